The second-order valence-electron chi connectivity index (χ2n) is 1.99. The average Bonchev–Trinajstić information content (AvgIpc) is 2.12. The standard InChI is InChI=1S/C5H6F3N2O/c1-10-4(2-3-9-10)11-5(6,7)8/h2,4,9H,1H3. The van der Waals surface area contributed by atoms with Gasteiger partial charge in [0.25, 0.3) is 0 Å². The molecule has 1 aliphatic heterocycles. The maximum Gasteiger partial charge on any atom is 0.524 e. The molecule has 0 aromatic carbocycles. The molecule has 0 saturated heterocycles. The molecule has 1 unspecified atom stereocenters. The summed E-state index contributed by atoms with van der Waals surface area (Å²) in [4.78, 5) is 0. The van der Waals surface area contributed by atoms with Gasteiger partial charge in [-0.3, -0.25) is 4.74 Å². The molecule has 1 rings (SSSR count). The summed E-state index contributed by atoms with van der Waals surface area (Å²) in [6.45, 7) is 0. The maximum atomic E-state index is 11.6. The van der Waals surface area contributed by atoms with E-state index in [4.69, 9.17) is 0 Å². The van der Waals surface area contributed by atoms with Gasteiger partial charge in [-0.25, -0.2) is 0 Å². The summed E-state index contributed by atoms with van der Waals surface area (Å²) in [6, 6.07) is 0. The molecule has 0 bridgehead atoms. The minimum absolute atomic E-state index is 1.12. The first kappa shape index (κ1) is 8.35. The molecule has 1 N–H and O–H groups in total. The molecule has 0 amide bonds. The highest BCUT2D eigenvalue weighted by molar-refractivity contribution is 4.86. The van der Waals surface area contributed by atoms with Crippen molar-refractivity contribution in [1.29, 1.82) is 0 Å². The Hall–Kier alpha value is -0.750. The van der Waals surface area contributed by atoms with Crippen molar-refractivity contribution in [3.8, 4) is 0 Å². The van der Waals surface area contributed by atoms with Crippen molar-refractivity contribution in [3.63, 3.8) is 0 Å². The molecule has 1 radical (unpaired) electrons. The van der Waals surface area contributed by atoms with Crippen LogP contribution in [0, 0.1) is 6.20 Å². The number of hydrogen-bond donors (Lipinski definition) is 1. The highest BCUT2D eigenvalue weighted by Crippen LogP contribution is 2.20. The fourth-order valence-electron chi connectivity index (χ4n) is 0.636. The van der Waals surface area contributed by atoms with Crippen molar-refractivity contribution in [2.45, 2.75) is 12.6 Å². The van der Waals surface area contributed by atoms with Crippen LogP contribution in [0.2, 0.25) is 0 Å². The summed E-state index contributed by atoms with van der Waals surface area (Å²) in [7, 11) is 1.42. The van der Waals surface area contributed by atoms with E-state index in [9.17, 15) is 13.2 Å². The van der Waals surface area contributed by atoms with Gasteiger partial charge in [0.2, 0.25) is 0 Å². The zero-order valence-electron chi connectivity index (χ0n) is 5.64. The zero-order chi connectivity index (χ0) is 8.48. The first-order valence-electron chi connectivity index (χ1n) is 2.81. The summed E-state index contributed by atoms with van der Waals surface area (Å²) in [5.41, 5.74) is 2.39. The van der Waals surface area contributed by atoms with E-state index in [-0.39, 0.29) is 0 Å². The molecular weight excluding hydrogens is 161 g/mol. The number of alkyl halides is 3. The third kappa shape index (κ3) is 2.39. The molecule has 0 aliphatic carbocycles. The number of rotatable bonds is 1. The third-order valence-electron chi connectivity index (χ3n) is 1.10. The Morgan fingerprint density at radius 3 is 2.64 bits per heavy atom. The van der Waals surface area contributed by atoms with Crippen LogP contribution < -0.4 is 5.43 Å². The van der Waals surface area contributed by atoms with Crippen LogP contribution >= 0.6 is 0 Å². The predicted octanol–water partition coefficient (Wildman–Crippen LogP) is 0.616. The van der Waals surface area contributed by atoms with E-state index in [2.05, 4.69) is 16.4 Å². The minimum atomic E-state index is -4.61. The van der Waals surface area contributed by atoms with E-state index >= 15 is 0 Å². The van der Waals surface area contributed by atoms with Crippen LogP contribution in [0.4, 0.5) is 13.2 Å². The number of halogens is 3. The van der Waals surface area contributed by atoms with Crippen molar-refractivity contribution < 1.29 is 17.9 Å². The van der Waals surface area contributed by atoms with Crippen LogP contribution in [0.25, 0.3) is 0 Å². The van der Waals surface area contributed by atoms with Crippen molar-refractivity contribution in [2.75, 3.05) is 7.05 Å². The fraction of sp³-hybridized carbons (Fsp3) is 0.600. The summed E-state index contributed by atoms with van der Waals surface area (Å²) in [5, 5.41) is 1.15. The molecule has 0 fully saturated rings. The lowest BCUT2D eigenvalue weighted by Gasteiger charge is -2.20. The van der Waals surface area contributed by atoms with Crippen molar-refractivity contribution in [2.24, 2.45) is 0 Å². The fourth-order valence-corrected chi connectivity index (χ4v) is 0.636. The van der Waals surface area contributed by atoms with E-state index < -0.39 is 12.6 Å². The SMILES string of the molecule is CN1N[C]=CC1OC(F)(F)F. The number of ether oxygens (including phenoxy) is 1. The predicted molar refractivity (Wildman–Crippen MR) is 29.6 cm³/mol. The average molecular weight is 167 g/mol. The van der Waals surface area contributed by atoms with Crippen LogP contribution in [0.15, 0.2) is 6.08 Å². The van der Waals surface area contributed by atoms with Crippen LogP contribution in [0.3, 0.4) is 0 Å². The van der Waals surface area contributed by atoms with Crippen LogP contribution in [0.1, 0.15) is 0 Å². The van der Waals surface area contributed by atoms with E-state index in [1.807, 2.05) is 0 Å². The first-order valence-corrected chi connectivity index (χ1v) is 2.81. The first-order chi connectivity index (χ1) is 4.99. The van der Waals surface area contributed by atoms with E-state index in [0.29, 0.717) is 0 Å². The highest BCUT2D eigenvalue weighted by atomic mass is 19.4. The lowest BCUT2D eigenvalue weighted by molar-refractivity contribution is -0.351. The minimum Gasteiger partial charge on any atom is -0.315 e. The largest absolute Gasteiger partial charge is 0.524 e. The van der Waals surface area contributed by atoms with E-state index in [1.54, 1.807) is 0 Å². The molecule has 0 aromatic rings. The van der Waals surface area contributed by atoms with E-state index in [0.717, 1.165) is 11.1 Å². The molecule has 0 aromatic heterocycles. The molecule has 1 aliphatic rings. The molecule has 3 nitrogen and oxygen atoms in total. The van der Waals surface area contributed by atoms with Crippen molar-refractivity contribution in [1.82, 2.24) is 10.4 Å². The molecule has 0 saturated carbocycles. The number of nitrogens with one attached hydrogen (secondary N) is 1. The van der Waals surface area contributed by atoms with Crippen LogP contribution in [-0.2, 0) is 4.74 Å². The molecule has 63 valence electrons. The van der Waals surface area contributed by atoms with Gasteiger partial charge in [0.1, 0.15) is 0 Å². The number of likely N-dealkylation sites (N-methyl/N-ethyl adjacent to an activating group) is 1. The summed E-state index contributed by atoms with van der Waals surface area (Å²) >= 11 is 0. The topological polar surface area (TPSA) is 24.5 Å². The Bertz CT molecular complexity index is 168. The zero-order valence-corrected chi connectivity index (χ0v) is 5.64. The lowest BCUT2D eigenvalue weighted by Crippen LogP contribution is -2.38. The van der Waals surface area contributed by atoms with Gasteiger partial charge in [-0.1, -0.05) is 0 Å². The summed E-state index contributed by atoms with van der Waals surface area (Å²) in [5.74, 6) is 0. The van der Waals surface area contributed by atoms with Gasteiger partial charge in [0, 0.05) is 7.05 Å². The second kappa shape index (κ2) is 2.71. The van der Waals surface area contributed by atoms with Crippen LogP contribution in [-0.4, -0.2) is 24.6 Å². The quantitative estimate of drug-likeness (QED) is 0.619. The van der Waals surface area contributed by atoms with Gasteiger partial charge < -0.3 is 5.43 Å². The van der Waals surface area contributed by atoms with Gasteiger partial charge >= 0.3 is 6.36 Å². The van der Waals surface area contributed by atoms with Crippen LogP contribution in [0.5, 0.6) is 0 Å². The molecule has 1 atom stereocenters. The van der Waals surface area contributed by atoms with Crippen molar-refractivity contribution >= 4 is 0 Å². The number of hydrazine groups is 1. The monoisotopic (exact) mass is 167 g/mol. The molecule has 11 heavy (non-hydrogen) atoms. The maximum absolute atomic E-state index is 11.6. The Labute approximate surface area is 61.4 Å². The van der Waals surface area contributed by atoms with Gasteiger partial charge in [-0.2, -0.15) is 5.01 Å². The molecular formula is C5H6F3N2O. The van der Waals surface area contributed by atoms with Crippen molar-refractivity contribution in [3.05, 3.63) is 12.3 Å². The second-order valence-corrected chi connectivity index (χ2v) is 1.99. The Kier molecular flexibility index (Phi) is 2.05. The molecule has 0 spiro atoms. The van der Waals surface area contributed by atoms with Gasteiger partial charge in [-0.15, -0.1) is 13.2 Å². The molecule has 1 heterocycles. The summed E-state index contributed by atoms with van der Waals surface area (Å²) < 4.78 is 38.3. The highest BCUT2D eigenvalue weighted by Gasteiger charge is 2.35. The van der Waals surface area contributed by atoms with Gasteiger partial charge in [0.05, 0.1) is 6.20 Å². The number of hydrogen-bond acceptors (Lipinski definition) is 3. The summed E-state index contributed by atoms with van der Waals surface area (Å²) in [6.07, 6.45) is -2.21. The Morgan fingerprint density at radius 1 is 1.64 bits per heavy atom. The van der Waals surface area contributed by atoms with E-state index in [1.165, 1.54) is 7.05 Å². The van der Waals surface area contributed by atoms with Gasteiger partial charge in [-0.05, 0) is 6.08 Å². The lowest BCUT2D eigenvalue weighted by atomic mass is 10.5. The third-order valence-corrected chi connectivity index (χ3v) is 1.10. The normalized spacial score (nSPS) is 25.6. The van der Waals surface area contributed by atoms with Gasteiger partial charge in [0.15, 0.2) is 6.23 Å². The smallest absolute Gasteiger partial charge is 0.315 e. The number of nitrogens with zero attached hydrogens (tertiary/aromatic N) is 1. The Balaban J connectivity index is 2.43. The Morgan fingerprint density at radius 2 is 2.27 bits per heavy atom. The molecule has 6 heteroatoms.